The summed E-state index contributed by atoms with van der Waals surface area (Å²) >= 11 is 0. The van der Waals surface area contributed by atoms with Crippen molar-refractivity contribution in [1.29, 1.82) is 0 Å². The van der Waals surface area contributed by atoms with Crippen LogP contribution in [0.4, 0.5) is 5.69 Å². The summed E-state index contributed by atoms with van der Waals surface area (Å²) in [7, 11) is 0. The molecular weight excluding hydrogens is 332 g/mol. The Morgan fingerprint density at radius 2 is 1.54 bits per heavy atom. The Morgan fingerprint density at radius 1 is 0.923 bits per heavy atom. The van der Waals surface area contributed by atoms with E-state index in [9.17, 15) is 14.4 Å². The smallest absolute Gasteiger partial charge is 0.335 e. The van der Waals surface area contributed by atoms with Gasteiger partial charge < -0.3 is 15.7 Å². The number of amides is 2. The Balaban J connectivity index is 2.31. The van der Waals surface area contributed by atoms with E-state index in [1.54, 1.807) is 37.3 Å². The number of aryl methyl sites for hydroxylation is 1. The van der Waals surface area contributed by atoms with Crippen LogP contribution in [0.1, 0.15) is 57.4 Å². The molecule has 0 atom stereocenters. The Morgan fingerprint density at radius 3 is 2.15 bits per heavy atom. The van der Waals surface area contributed by atoms with Gasteiger partial charge in [-0.3, -0.25) is 9.59 Å². The summed E-state index contributed by atoms with van der Waals surface area (Å²) in [6, 6.07) is 11.1. The van der Waals surface area contributed by atoms with Crippen molar-refractivity contribution in [2.75, 3.05) is 5.32 Å². The van der Waals surface area contributed by atoms with Crippen LogP contribution in [0.2, 0.25) is 0 Å². The van der Waals surface area contributed by atoms with E-state index in [4.69, 9.17) is 5.11 Å². The monoisotopic (exact) mass is 354 g/mol. The molecule has 0 saturated carbocycles. The predicted octanol–water partition coefficient (Wildman–Crippen LogP) is 3.47. The van der Waals surface area contributed by atoms with Crippen LogP contribution in [0.3, 0.4) is 0 Å². The summed E-state index contributed by atoms with van der Waals surface area (Å²) < 4.78 is 0. The summed E-state index contributed by atoms with van der Waals surface area (Å²) in [5.74, 6) is -1.89. The molecule has 0 heterocycles. The Bertz CT molecular complexity index is 866. The van der Waals surface area contributed by atoms with Crippen molar-refractivity contribution in [2.45, 2.75) is 33.2 Å². The molecule has 0 aliphatic carbocycles. The third-order valence-electron chi connectivity index (χ3n) is 3.49. The van der Waals surface area contributed by atoms with Crippen molar-refractivity contribution in [3.63, 3.8) is 0 Å². The van der Waals surface area contributed by atoms with Gasteiger partial charge in [-0.05, 0) is 63.6 Å². The molecule has 2 rings (SSSR count). The van der Waals surface area contributed by atoms with Gasteiger partial charge in [-0.15, -0.1) is 0 Å². The van der Waals surface area contributed by atoms with Crippen molar-refractivity contribution in [3.8, 4) is 0 Å². The van der Waals surface area contributed by atoms with Crippen molar-refractivity contribution >= 4 is 23.5 Å². The number of para-hydroxylation sites is 1. The molecule has 2 amide bonds. The van der Waals surface area contributed by atoms with Gasteiger partial charge in [-0.2, -0.15) is 0 Å². The number of rotatable bonds is 4. The molecule has 26 heavy (non-hydrogen) atoms. The lowest BCUT2D eigenvalue weighted by Gasteiger charge is -2.21. The maximum atomic E-state index is 12.6. The zero-order valence-electron chi connectivity index (χ0n) is 15.2. The lowest BCUT2D eigenvalue weighted by atomic mass is 10.0. The lowest BCUT2D eigenvalue weighted by molar-refractivity contribution is 0.0696. The number of hydrogen-bond donors (Lipinski definition) is 3. The second-order valence-corrected chi connectivity index (χ2v) is 7.10. The average molecular weight is 354 g/mol. The average Bonchev–Trinajstić information content (AvgIpc) is 2.53. The first-order valence-corrected chi connectivity index (χ1v) is 8.15. The molecule has 0 aliphatic rings. The summed E-state index contributed by atoms with van der Waals surface area (Å²) in [6.07, 6.45) is 0. The van der Waals surface area contributed by atoms with E-state index in [-0.39, 0.29) is 17.0 Å². The fourth-order valence-electron chi connectivity index (χ4n) is 2.43. The summed E-state index contributed by atoms with van der Waals surface area (Å²) in [6.45, 7) is 7.32. The molecule has 0 radical (unpaired) electrons. The maximum absolute atomic E-state index is 12.6. The fourth-order valence-corrected chi connectivity index (χ4v) is 2.43. The molecule has 0 aliphatic heterocycles. The minimum absolute atomic E-state index is 0.0360. The van der Waals surface area contributed by atoms with Gasteiger partial charge in [-0.1, -0.05) is 12.1 Å². The van der Waals surface area contributed by atoms with Gasteiger partial charge in [0.25, 0.3) is 11.8 Å². The number of hydrogen-bond acceptors (Lipinski definition) is 3. The van der Waals surface area contributed by atoms with E-state index >= 15 is 0 Å². The van der Waals surface area contributed by atoms with Gasteiger partial charge in [0.2, 0.25) is 0 Å². The summed E-state index contributed by atoms with van der Waals surface area (Å²) in [4.78, 5) is 36.2. The number of anilines is 1. The van der Waals surface area contributed by atoms with E-state index in [2.05, 4.69) is 10.6 Å². The molecule has 3 N–H and O–H groups in total. The number of carbonyl (C=O) groups excluding carboxylic acids is 2. The van der Waals surface area contributed by atoms with Gasteiger partial charge in [0.15, 0.2) is 0 Å². The summed E-state index contributed by atoms with van der Waals surface area (Å²) in [5.41, 5.74) is 1.19. The second-order valence-electron chi connectivity index (χ2n) is 7.10. The molecule has 0 spiro atoms. The van der Waals surface area contributed by atoms with E-state index in [1.807, 2.05) is 20.8 Å². The Labute approximate surface area is 152 Å². The molecule has 0 fully saturated rings. The van der Waals surface area contributed by atoms with Crippen LogP contribution in [0, 0.1) is 6.92 Å². The van der Waals surface area contributed by atoms with E-state index in [0.29, 0.717) is 16.8 Å². The number of aromatic carboxylic acids is 1. The van der Waals surface area contributed by atoms with Crippen LogP contribution in [0.5, 0.6) is 0 Å². The maximum Gasteiger partial charge on any atom is 0.335 e. The van der Waals surface area contributed by atoms with E-state index < -0.39 is 17.4 Å². The third kappa shape index (κ3) is 4.92. The number of nitrogens with one attached hydrogen (secondary N) is 2. The molecule has 6 nitrogen and oxygen atoms in total. The van der Waals surface area contributed by atoms with Crippen LogP contribution in [-0.4, -0.2) is 28.4 Å². The van der Waals surface area contributed by atoms with Crippen LogP contribution in [0.15, 0.2) is 42.5 Å². The highest BCUT2D eigenvalue weighted by Crippen LogP contribution is 2.18. The molecule has 6 heteroatoms. The third-order valence-corrected chi connectivity index (χ3v) is 3.49. The van der Waals surface area contributed by atoms with Gasteiger partial charge in [0.1, 0.15) is 0 Å². The summed E-state index contributed by atoms with van der Waals surface area (Å²) in [5, 5.41) is 14.7. The quantitative estimate of drug-likeness (QED) is 0.783. The highest BCUT2D eigenvalue weighted by atomic mass is 16.4. The van der Waals surface area contributed by atoms with Crippen molar-refractivity contribution < 1.29 is 19.5 Å². The topological polar surface area (TPSA) is 95.5 Å². The number of benzene rings is 2. The largest absolute Gasteiger partial charge is 0.478 e. The molecule has 0 saturated heterocycles. The zero-order valence-corrected chi connectivity index (χ0v) is 15.2. The Hall–Kier alpha value is -3.15. The van der Waals surface area contributed by atoms with Crippen LogP contribution in [0.25, 0.3) is 0 Å². The first kappa shape index (κ1) is 19.2. The highest BCUT2D eigenvalue weighted by Gasteiger charge is 2.19. The van der Waals surface area contributed by atoms with E-state index in [0.717, 1.165) is 0 Å². The van der Waals surface area contributed by atoms with Gasteiger partial charge in [0, 0.05) is 11.1 Å². The molecule has 2 aromatic carbocycles. The van der Waals surface area contributed by atoms with Gasteiger partial charge >= 0.3 is 5.97 Å². The first-order valence-electron chi connectivity index (χ1n) is 8.15. The molecule has 0 bridgehead atoms. The van der Waals surface area contributed by atoms with Crippen molar-refractivity contribution in [2.24, 2.45) is 0 Å². The van der Waals surface area contributed by atoms with Gasteiger partial charge in [0.05, 0.1) is 16.8 Å². The number of carbonyl (C=O) groups is 3. The fraction of sp³-hybridized carbons (Fsp3) is 0.250. The second kappa shape index (κ2) is 7.39. The van der Waals surface area contributed by atoms with Crippen LogP contribution < -0.4 is 10.6 Å². The highest BCUT2D eigenvalue weighted by molar-refractivity contribution is 6.09. The molecule has 0 unspecified atom stereocenters. The van der Waals surface area contributed by atoms with Crippen molar-refractivity contribution in [1.82, 2.24) is 5.32 Å². The molecular formula is C20H22N2O4. The SMILES string of the molecule is Cc1cc(C(=O)O)cc(C(=O)Nc2ccccc2C(=O)NC(C)(C)C)c1. The van der Waals surface area contributed by atoms with Crippen molar-refractivity contribution in [3.05, 3.63) is 64.7 Å². The van der Waals surface area contributed by atoms with Gasteiger partial charge in [-0.25, -0.2) is 4.79 Å². The van der Waals surface area contributed by atoms with E-state index in [1.165, 1.54) is 12.1 Å². The number of carboxylic acids is 1. The Kier molecular flexibility index (Phi) is 5.45. The molecule has 136 valence electrons. The minimum Gasteiger partial charge on any atom is -0.478 e. The number of carboxylic acid groups (broad SMARTS) is 1. The normalized spacial score (nSPS) is 10.9. The predicted molar refractivity (Wildman–Crippen MR) is 99.8 cm³/mol. The molecule has 0 aromatic heterocycles. The van der Waals surface area contributed by atoms with Crippen LogP contribution in [-0.2, 0) is 0 Å². The zero-order chi connectivity index (χ0) is 19.5. The van der Waals surface area contributed by atoms with Crippen LogP contribution >= 0.6 is 0 Å². The standard InChI is InChI=1S/C20H22N2O4/c1-12-9-13(11-14(10-12)19(25)26)17(23)21-16-8-6-5-7-15(16)18(24)22-20(2,3)4/h5-11H,1-4H3,(H,21,23)(H,22,24)(H,25,26). The lowest BCUT2D eigenvalue weighted by Crippen LogP contribution is -2.40. The first-order chi connectivity index (χ1) is 12.1. The molecule has 2 aromatic rings. The minimum atomic E-state index is -1.10.